The number of rotatable bonds is 34. The molecule has 1 aliphatic rings. The van der Waals surface area contributed by atoms with Gasteiger partial charge in [0.05, 0.1) is 5.34 Å². The number of unbranched alkanes of at least 4 members (excludes halogenated alkanes) is 1. The summed E-state index contributed by atoms with van der Waals surface area (Å²) in [5, 5.41) is 6.13. The fourth-order valence-corrected chi connectivity index (χ4v) is 8.13. The molecule has 1 unspecified atom stereocenters. The number of thioether (sulfide) groups is 2. The summed E-state index contributed by atoms with van der Waals surface area (Å²) in [5.74, 6) is -1.58. The number of nitrogens with one attached hydrogen (secondary N) is 2. The summed E-state index contributed by atoms with van der Waals surface area (Å²) >= 11 is 12.5. The van der Waals surface area contributed by atoms with Crippen LogP contribution in [0.1, 0.15) is 99.3 Å². The van der Waals surface area contributed by atoms with Crippen LogP contribution in [0, 0.1) is 0 Å². The van der Waals surface area contributed by atoms with E-state index in [1.54, 1.807) is 47.5 Å². The molecular weight excluding hydrogens is 994 g/mol. The van der Waals surface area contributed by atoms with Crippen molar-refractivity contribution in [2.24, 2.45) is 0 Å². The Morgan fingerprint density at radius 1 is 0.586 bits per heavy atom. The normalized spacial score (nSPS) is 12.2. The number of carbonyl (C=O) groups excluding carboxylic acids is 11. The van der Waals surface area contributed by atoms with Crippen LogP contribution in [0.2, 0.25) is 0 Å². The first-order valence-corrected chi connectivity index (χ1v) is 26.9. The Balaban J connectivity index is 0.0000154. The van der Waals surface area contributed by atoms with E-state index in [2.05, 4.69) is 10.6 Å². The van der Waals surface area contributed by atoms with E-state index in [-0.39, 0.29) is 85.2 Å². The first kappa shape index (κ1) is 65.7. The van der Waals surface area contributed by atoms with Crippen LogP contribution < -0.4 is 10.6 Å². The van der Waals surface area contributed by atoms with Gasteiger partial charge in [-0.25, -0.2) is 4.79 Å². The number of amides is 10. The van der Waals surface area contributed by atoms with Crippen LogP contribution in [0.4, 0.5) is 0 Å². The van der Waals surface area contributed by atoms with Crippen LogP contribution in [0.5, 0.6) is 0 Å². The van der Waals surface area contributed by atoms with Crippen molar-refractivity contribution in [2.45, 2.75) is 105 Å². The van der Waals surface area contributed by atoms with E-state index in [1.165, 1.54) is 61.0 Å². The number of nitrogens with zero attached hydrogens (tertiary/aromatic N) is 7. The average Bonchev–Trinajstić information content (AvgIpc) is 3.62. The van der Waals surface area contributed by atoms with Crippen LogP contribution in [0.3, 0.4) is 0 Å². The number of carbonyl (C=O) groups is 11. The standard InChI is InChI=1S/C44H75N9O12S2.CH2Cl2/c1-9-40(60)51(25-23-49(35(5)56)21-19-47(7)33(3)54)27-31-66-29-16-38(58)45-18-12-11-13-37(44(64)65-53-42(62)14-15-43(53)63)46-39(59)17-30-67-32-28-52(41(61)10-2)26-24-50(36(6)57)22-20-48(8)34(4)55;2-1-3/h37H,9-32H2,1-8H3,(H,45,58)(H,46,59);1H2. The maximum Gasteiger partial charge on any atom is 0.355 e. The highest BCUT2D eigenvalue weighted by atomic mass is 35.5. The van der Waals surface area contributed by atoms with Gasteiger partial charge in [-0.2, -0.15) is 23.5 Å². The van der Waals surface area contributed by atoms with Gasteiger partial charge in [0.15, 0.2) is 0 Å². The highest BCUT2D eigenvalue weighted by molar-refractivity contribution is 7.99. The molecule has 1 heterocycles. The van der Waals surface area contributed by atoms with E-state index < -0.39 is 29.7 Å². The molecule has 25 heteroatoms. The molecular formula is C45H77Cl2N9O12S2. The minimum Gasteiger partial charge on any atom is -0.356 e. The van der Waals surface area contributed by atoms with Crippen LogP contribution in [-0.4, -0.2) is 220 Å². The number of alkyl halides is 2. The molecule has 0 aromatic carbocycles. The Morgan fingerprint density at radius 3 is 1.39 bits per heavy atom. The summed E-state index contributed by atoms with van der Waals surface area (Å²) in [6, 6.07) is -1.17. The maximum atomic E-state index is 13.1. The van der Waals surface area contributed by atoms with Gasteiger partial charge in [-0.1, -0.05) is 13.8 Å². The summed E-state index contributed by atoms with van der Waals surface area (Å²) < 4.78 is 0. The van der Waals surface area contributed by atoms with Gasteiger partial charge in [0.2, 0.25) is 47.3 Å². The zero-order chi connectivity index (χ0) is 53.2. The maximum absolute atomic E-state index is 13.1. The molecule has 0 saturated carbocycles. The fraction of sp³-hybridized carbons (Fsp3) is 0.756. The molecule has 0 radical (unpaired) electrons. The topological polar surface area (TPSA) is 244 Å². The van der Waals surface area contributed by atoms with Gasteiger partial charge < -0.3 is 44.9 Å². The Hall–Kier alpha value is -4.35. The highest BCUT2D eigenvalue weighted by Gasteiger charge is 2.35. The number of halogens is 2. The molecule has 0 aromatic heterocycles. The molecule has 0 bridgehead atoms. The lowest BCUT2D eigenvalue weighted by molar-refractivity contribution is -0.199. The zero-order valence-electron chi connectivity index (χ0n) is 42.4. The molecule has 1 saturated heterocycles. The van der Waals surface area contributed by atoms with Crippen LogP contribution in [0.15, 0.2) is 0 Å². The molecule has 1 atom stereocenters. The Kier molecular flexibility index (Phi) is 36.0. The predicted molar refractivity (Wildman–Crippen MR) is 271 cm³/mol. The predicted octanol–water partition coefficient (Wildman–Crippen LogP) is 2.16. The van der Waals surface area contributed by atoms with Gasteiger partial charge in [-0.3, -0.25) is 47.9 Å². The third-order valence-electron chi connectivity index (χ3n) is 11.0. The molecule has 0 spiro atoms. The summed E-state index contributed by atoms with van der Waals surface area (Å²) in [4.78, 5) is 151. The fourth-order valence-electron chi connectivity index (χ4n) is 6.36. The third-order valence-corrected chi connectivity index (χ3v) is 12.9. The molecule has 0 aliphatic carbocycles. The first-order valence-electron chi connectivity index (χ1n) is 23.5. The number of imide groups is 1. The van der Waals surface area contributed by atoms with E-state index >= 15 is 0 Å². The molecule has 2 N–H and O–H groups in total. The second-order valence-electron chi connectivity index (χ2n) is 16.1. The molecule has 70 heavy (non-hydrogen) atoms. The smallest absolute Gasteiger partial charge is 0.355 e. The van der Waals surface area contributed by atoms with Crippen molar-refractivity contribution in [3.63, 3.8) is 0 Å². The lowest BCUT2D eigenvalue weighted by atomic mass is 10.1. The SMILES string of the molecule is CCC(=O)N(CCSCCC(=O)NCCCCC(NC(=O)CCSCCN(CCN(CCN(C)C(C)=O)C(C)=O)C(=O)CC)C(=O)ON1C(=O)CCC1=O)CCN(CCN(C)C(C)=O)C(C)=O.ClCCl. The van der Waals surface area contributed by atoms with Crippen molar-refractivity contribution in [2.75, 3.05) is 114 Å². The van der Waals surface area contributed by atoms with Gasteiger partial charge in [0.25, 0.3) is 11.8 Å². The summed E-state index contributed by atoms with van der Waals surface area (Å²) in [7, 11) is 3.32. The van der Waals surface area contributed by atoms with E-state index in [9.17, 15) is 52.7 Å². The average molecular weight is 1070 g/mol. The molecule has 400 valence electrons. The van der Waals surface area contributed by atoms with Crippen molar-refractivity contribution in [3.05, 3.63) is 0 Å². The van der Waals surface area contributed by atoms with Gasteiger partial charge in [0.1, 0.15) is 6.04 Å². The first-order chi connectivity index (χ1) is 33.1. The second kappa shape index (κ2) is 38.3. The molecule has 0 aromatic rings. The van der Waals surface area contributed by atoms with Gasteiger partial charge in [0, 0.05) is 175 Å². The van der Waals surface area contributed by atoms with Crippen LogP contribution in [-0.2, 0) is 57.6 Å². The minimum absolute atomic E-state index is 0.0280. The van der Waals surface area contributed by atoms with Crippen molar-refractivity contribution >= 4 is 112 Å². The van der Waals surface area contributed by atoms with Gasteiger partial charge in [-0.05, 0) is 19.3 Å². The van der Waals surface area contributed by atoms with Crippen molar-refractivity contribution in [1.82, 2.24) is 45.1 Å². The van der Waals surface area contributed by atoms with Crippen molar-refractivity contribution < 1.29 is 57.6 Å². The summed E-state index contributed by atoms with van der Waals surface area (Å²) in [6.45, 7) is 13.2. The van der Waals surface area contributed by atoms with Crippen LogP contribution in [0.25, 0.3) is 0 Å². The third kappa shape index (κ3) is 29.1. The lowest BCUT2D eigenvalue weighted by Gasteiger charge is -2.28. The van der Waals surface area contributed by atoms with Crippen molar-refractivity contribution in [3.8, 4) is 0 Å². The largest absolute Gasteiger partial charge is 0.356 e. The number of hydrogen-bond acceptors (Lipinski definition) is 14. The van der Waals surface area contributed by atoms with Gasteiger partial charge in [-0.15, -0.1) is 28.3 Å². The minimum atomic E-state index is -1.17. The van der Waals surface area contributed by atoms with Crippen molar-refractivity contribution in [1.29, 1.82) is 0 Å². The molecule has 21 nitrogen and oxygen atoms in total. The Labute approximate surface area is 432 Å². The number of hydroxylamine groups is 2. The zero-order valence-corrected chi connectivity index (χ0v) is 45.5. The van der Waals surface area contributed by atoms with E-state index in [0.29, 0.717) is 119 Å². The number of hydrogen-bond donors (Lipinski definition) is 2. The molecule has 10 amide bonds. The summed E-state index contributed by atoms with van der Waals surface area (Å²) in [6.07, 6.45) is 1.63. The molecule has 1 rings (SSSR count). The molecule has 1 fully saturated rings. The Bertz CT molecular complexity index is 1700. The summed E-state index contributed by atoms with van der Waals surface area (Å²) in [5.41, 5.74) is 0. The van der Waals surface area contributed by atoms with Crippen LogP contribution >= 0.6 is 46.7 Å². The lowest BCUT2D eigenvalue weighted by Crippen LogP contribution is -2.45. The van der Waals surface area contributed by atoms with Gasteiger partial charge >= 0.3 is 5.97 Å². The van der Waals surface area contributed by atoms with E-state index in [1.807, 2.05) is 0 Å². The molecule has 1 aliphatic heterocycles. The number of likely N-dealkylation sites (N-methyl/N-ethyl adjacent to an activating group) is 2. The monoisotopic (exact) mass is 1070 g/mol. The highest BCUT2D eigenvalue weighted by Crippen LogP contribution is 2.15. The van der Waals surface area contributed by atoms with E-state index in [0.717, 1.165) is 0 Å². The van der Waals surface area contributed by atoms with E-state index in [4.69, 9.17) is 28.0 Å². The second-order valence-corrected chi connectivity index (χ2v) is 19.4. The Morgan fingerprint density at radius 2 is 0.986 bits per heavy atom. The quantitative estimate of drug-likeness (QED) is 0.0534.